The molecule has 0 unspecified atom stereocenters. The molecule has 0 atom stereocenters. The van der Waals surface area contributed by atoms with Crippen molar-refractivity contribution < 1.29 is 4.74 Å². The van der Waals surface area contributed by atoms with E-state index in [0.717, 1.165) is 34.0 Å². The number of anilines is 4. The van der Waals surface area contributed by atoms with Crippen LogP contribution in [0, 0.1) is 0 Å². The second-order valence-electron chi connectivity index (χ2n) is 25.6. The van der Waals surface area contributed by atoms with Crippen molar-refractivity contribution in [3.05, 3.63) is 179 Å². The normalized spacial score (nSPS) is 14.0. The summed E-state index contributed by atoms with van der Waals surface area (Å²) in [6.07, 6.45) is 1.96. The third kappa shape index (κ3) is 9.13. The van der Waals surface area contributed by atoms with Gasteiger partial charge in [0.2, 0.25) is 0 Å². The zero-order chi connectivity index (χ0) is 50.5. The molecule has 70 heavy (non-hydrogen) atoms. The number of para-hydroxylation sites is 1. The fraction of sp³-hybridized carbons (Fsp3) is 0.369. The number of nitrogens with zero attached hydrogens (tertiary/aromatic N) is 4. The first-order valence-corrected chi connectivity index (χ1v) is 25.4. The highest BCUT2D eigenvalue weighted by Crippen LogP contribution is 2.50. The van der Waals surface area contributed by atoms with Crippen molar-refractivity contribution in [1.29, 1.82) is 0 Å². The molecule has 6 aromatic carbocycles. The number of benzene rings is 6. The van der Waals surface area contributed by atoms with Gasteiger partial charge in [0.1, 0.15) is 24.0 Å². The fourth-order valence-electron chi connectivity index (χ4n) is 10.1. The number of rotatable bonds is 7. The SMILES string of the molecule is CC(C)(C)c1cc(Oc2cc(C(C)(C)c3ccccc3)c3c4ccccc4n(-c4cc(C(C)(C)C)ccn4)c3c2)cc(N2CN(c3cc(C(C)(C)C)cc(C(C)(C)C)c3)c3cc(C(C)(C)C)ccc32)c1. The predicted octanol–water partition coefficient (Wildman–Crippen LogP) is 18.0. The Bertz CT molecular complexity index is 3230. The second-order valence-corrected chi connectivity index (χ2v) is 25.6. The molecule has 0 amide bonds. The number of pyridine rings is 1. The van der Waals surface area contributed by atoms with Crippen LogP contribution in [-0.4, -0.2) is 16.2 Å². The van der Waals surface area contributed by atoms with Crippen molar-refractivity contribution in [3.63, 3.8) is 0 Å². The number of hydrogen-bond acceptors (Lipinski definition) is 4. The molecule has 362 valence electrons. The summed E-state index contributed by atoms with van der Waals surface area (Å²) in [5, 5.41) is 2.40. The highest BCUT2D eigenvalue weighted by Gasteiger charge is 2.34. The van der Waals surface area contributed by atoms with E-state index in [1.165, 1.54) is 66.8 Å². The highest BCUT2D eigenvalue weighted by atomic mass is 16.5. The van der Waals surface area contributed by atoms with Crippen LogP contribution in [-0.2, 0) is 32.5 Å². The molecule has 9 rings (SSSR count). The topological polar surface area (TPSA) is 33.5 Å². The molecule has 2 aromatic heterocycles. The van der Waals surface area contributed by atoms with E-state index in [-0.39, 0.29) is 32.5 Å². The Morgan fingerprint density at radius 1 is 0.414 bits per heavy atom. The van der Waals surface area contributed by atoms with Gasteiger partial charge in [0.15, 0.2) is 0 Å². The minimum Gasteiger partial charge on any atom is -0.457 e. The molecule has 0 saturated carbocycles. The second kappa shape index (κ2) is 16.9. The largest absolute Gasteiger partial charge is 0.457 e. The molecule has 0 saturated heterocycles. The lowest BCUT2D eigenvalue weighted by Gasteiger charge is -2.30. The van der Waals surface area contributed by atoms with Crippen molar-refractivity contribution >= 4 is 44.6 Å². The number of fused-ring (bicyclic) bond motifs is 4. The molecule has 3 heterocycles. The maximum Gasteiger partial charge on any atom is 0.137 e. The molecule has 0 aliphatic carbocycles. The molecule has 0 bridgehead atoms. The van der Waals surface area contributed by atoms with Gasteiger partial charge in [0, 0.05) is 45.9 Å². The van der Waals surface area contributed by atoms with Crippen LogP contribution in [0.1, 0.15) is 157 Å². The third-order valence-electron chi connectivity index (χ3n) is 14.7. The van der Waals surface area contributed by atoms with Crippen LogP contribution < -0.4 is 14.5 Å². The summed E-state index contributed by atoms with van der Waals surface area (Å²) in [7, 11) is 0. The molecule has 0 fully saturated rings. The third-order valence-corrected chi connectivity index (χ3v) is 14.7. The van der Waals surface area contributed by atoms with Crippen LogP contribution in [0.3, 0.4) is 0 Å². The smallest absolute Gasteiger partial charge is 0.137 e. The summed E-state index contributed by atoms with van der Waals surface area (Å²) in [4.78, 5) is 10.1. The molecule has 1 aliphatic rings. The lowest BCUT2D eigenvalue weighted by atomic mass is 9.76. The van der Waals surface area contributed by atoms with E-state index >= 15 is 0 Å². The first kappa shape index (κ1) is 48.7. The van der Waals surface area contributed by atoms with Gasteiger partial charge >= 0.3 is 0 Å². The summed E-state index contributed by atoms with van der Waals surface area (Å²) in [6, 6.07) is 49.8. The van der Waals surface area contributed by atoms with Crippen molar-refractivity contribution in [1.82, 2.24) is 9.55 Å². The molecule has 8 aromatic rings. The highest BCUT2D eigenvalue weighted by molar-refractivity contribution is 6.12. The zero-order valence-electron chi connectivity index (χ0n) is 45.2. The van der Waals surface area contributed by atoms with Gasteiger partial charge in [-0.3, -0.25) is 4.57 Å². The summed E-state index contributed by atoms with van der Waals surface area (Å²) in [5.41, 5.74) is 15.2. The standard InChI is InChI=1S/C65H76N4O/c1-60(2,3)43-27-28-55-56(36-43)68(48-32-45(62(7,8)9)31-46(33-48)63(10,11)12)41-67(55)49-34-47(64(13,14)15)35-50(38-49)70-51-39-53(65(16,17)42-23-19-18-20-24-42)59-52-25-21-22-26-54(52)69(57(59)40-51)58-37-44(29-30-66-58)61(4,5)6/h18-40H,41H2,1-17H3. The number of aromatic nitrogens is 2. The quantitative estimate of drug-likeness (QED) is 0.159. The summed E-state index contributed by atoms with van der Waals surface area (Å²) in [6.45, 7) is 39.9. The Morgan fingerprint density at radius 3 is 1.56 bits per heavy atom. The molecule has 5 heteroatoms. The van der Waals surface area contributed by atoms with Crippen LogP contribution >= 0.6 is 0 Å². The summed E-state index contributed by atoms with van der Waals surface area (Å²) < 4.78 is 9.70. The van der Waals surface area contributed by atoms with Gasteiger partial charge in [-0.05, 0) is 127 Å². The maximum atomic E-state index is 7.35. The van der Waals surface area contributed by atoms with Crippen molar-refractivity contribution in [3.8, 4) is 17.3 Å². The monoisotopic (exact) mass is 929 g/mol. The molecule has 5 nitrogen and oxygen atoms in total. The van der Waals surface area contributed by atoms with E-state index in [9.17, 15) is 0 Å². The van der Waals surface area contributed by atoms with Gasteiger partial charge in [-0.2, -0.15) is 0 Å². The first-order chi connectivity index (χ1) is 32.6. The average Bonchev–Trinajstić information content (AvgIpc) is 3.83. The summed E-state index contributed by atoms with van der Waals surface area (Å²) >= 11 is 0. The van der Waals surface area contributed by atoms with E-state index in [2.05, 4.69) is 266 Å². The lowest BCUT2D eigenvalue weighted by molar-refractivity contribution is 0.477. The molecule has 1 aliphatic heterocycles. The van der Waals surface area contributed by atoms with Gasteiger partial charge in [-0.1, -0.05) is 178 Å². The first-order valence-electron chi connectivity index (χ1n) is 25.4. The molecule has 0 radical (unpaired) electrons. The molecule has 0 N–H and O–H groups in total. The maximum absolute atomic E-state index is 7.35. The van der Waals surface area contributed by atoms with Crippen LogP contribution in [0.25, 0.3) is 27.6 Å². The summed E-state index contributed by atoms with van der Waals surface area (Å²) in [5.74, 6) is 2.48. The van der Waals surface area contributed by atoms with Crippen LogP contribution in [0.15, 0.2) is 140 Å². The Kier molecular flexibility index (Phi) is 11.8. The van der Waals surface area contributed by atoms with Gasteiger partial charge in [-0.15, -0.1) is 0 Å². The molecular weight excluding hydrogens is 853 g/mol. The van der Waals surface area contributed by atoms with Gasteiger partial charge in [0.05, 0.1) is 22.4 Å². The van der Waals surface area contributed by atoms with E-state index in [1.807, 2.05) is 6.20 Å². The van der Waals surface area contributed by atoms with E-state index in [0.29, 0.717) is 6.67 Å². The van der Waals surface area contributed by atoms with Crippen molar-refractivity contribution in [2.24, 2.45) is 0 Å². The Morgan fingerprint density at radius 2 is 0.943 bits per heavy atom. The Hall–Kier alpha value is -6.33. The lowest BCUT2D eigenvalue weighted by Crippen LogP contribution is -2.26. The van der Waals surface area contributed by atoms with E-state index in [4.69, 9.17) is 9.72 Å². The van der Waals surface area contributed by atoms with Crippen molar-refractivity contribution in [2.75, 3.05) is 16.5 Å². The minimum absolute atomic E-state index is 0.0146. The van der Waals surface area contributed by atoms with Crippen molar-refractivity contribution in [2.45, 2.75) is 150 Å². The minimum atomic E-state index is -0.376. The fourth-order valence-corrected chi connectivity index (χ4v) is 10.1. The van der Waals surface area contributed by atoms with E-state index in [1.54, 1.807) is 0 Å². The van der Waals surface area contributed by atoms with E-state index < -0.39 is 0 Å². The van der Waals surface area contributed by atoms with Crippen LogP contribution in [0.5, 0.6) is 11.5 Å². The number of hydrogen-bond donors (Lipinski definition) is 0. The van der Waals surface area contributed by atoms with Gasteiger partial charge in [0.25, 0.3) is 0 Å². The van der Waals surface area contributed by atoms with Crippen LogP contribution in [0.4, 0.5) is 22.7 Å². The average molecular weight is 929 g/mol. The van der Waals surface area contributed by atoms with Gasteiger partial charge in [-0.25, -0.2) is 4.98 Å². The zero-order valence-corrected chi connectivity index (χ0v) is 45.2. The number of ether oxygens (including phenoxy) is 1. The molecular formula is C65H76N4O. The van der Waals surface area contributed by atoms with Gasteiger partial charge < -0.3 is 14.5 Å². The Labute approximate surface area is 419 Å². The molecule has 0 spiro atoms. The Balaban J connectivity index is 1.25. The predicted molar refractivity (Wildman–Crippen MR) is 299 cm³/mol. The van der Waals surface area contributed by atoms with Crippen LogP contribution in [0.2, 0.25) is 0 Å².